The Kier molecular flexibility index (Phi) is 5.14. The van der Waals surface area contributed by atoms with E-state index in [1.807, 2.05) is 22.6 Å². The van der Waals surface area contributed by atoms with Gasteiger partial charge < -0.3 is 15.1 Å². The summed E-state index contributed by atoms with van der Waals surface area (Å²) in [7, 11) is 0. The average Bonchev–Trinajstić information content (AvgIpc) is 2.31. The van der Waals surface area contributed by atoms with Gasteiger partial charge in [-0.2, -0.15) is 0 Å². The van der Waals surface area contributed by atoms with E-state index in [1.54, 1.807) is 12.1 Å². The van der Waals surface area contributed by atoms with Crippen molar-refractivity contribution in [2.75, 3.05) is 13.1 Å². The Morgan fingerprint density at radius 1 is 1.44 bits per heavy atom. The van der Waals surface area contributed by atoms with Gasteiger partial charge in [0.15, 0.2) is 0 Å². The third kappa shape index (κ3) is 3.73. The molecule has 0 spiro atoms. The van der Waals surface area contributed by atoms with E-state index in [0.29, 0.717) is 3.57 Å². The van der Waals surface area contributed by atoms with Crippen LogP contribution in [-0.2, 0) is 4.79 Å². The largest absolute Gasteiger partial charge is 0.507 e. The molecular weight excluding hydrogens is 349 g/mol. The number of aliphatic carboxylic acids is 1. The molecule has 6 heteroatoms. The number of hydrogen-bond acceptors (Lipinski definition) is 3. The standard InChI is InChI=1S/C12H12INO4/c1-2-5-14(7-11(16)17)12(18)8-3-4-9(13)10(15)6-8/h2-4,6,15H,1,5,7H2,(H,16,17). The van der Waals surface area contributed by atoms with Crippen LogP contribution < -0.4 is 0 Å². The first-order valence-corrected chi connectivity index (χ1v) is 6.14. The first-order chi connectivity index (χ1) is 8.45. The van der Waals surface area contributed by atoms with E-state index in [4.69, 9.17) is 5.11 Å². The van der Waals surface area contributed by atoms with Gasteiger partial charge in [-0.25, -0.2) is 0 Å². The van der Waals surface area contributed by atoms with Crippen LogP contribution in [0.4, 0.5) is 0 Å². The zero-order valence-electron chi connectivity index (χ0n) is 9.47. The van der Waals surface area contributed by atoms with E-state index in [0.717, 1.165) is 4.90 Å². The number of amides is 1. The minimum absolute atomic E-state index is 0.00433. The van der Waals surface area contributed by atoms with Gasteiger partial charge in [-0.15, -0.1) is 6.58 Å². The molecule has 0 fully saturated rings. The molecule has 2 N–H and O–H groups in total. The quantitative estimate of drug-likeness (QED) is 0.618. The highest BCUT2D eigenvalue weighted by Gasteiger charge is 2.18. The third-order valence-electron chi connectivity index (χ3n) is 2.16. The normalized spacial score (nSPS) is 9.83. The van der Waals surface area contributed by atoms with Crippen molar-refractivity contribution in [3.63, 3.8) is 0 Å². The maximum Gasteiger partial charge on any atom is 0.323 e. The van der Waals surface area contributed by atoms with Crippen molar-refractivity contribution in [2.45, 2.75) is 0 Å². The van der Waals surface area contributed by atoms with Crippen molar-refractivity contribution in [1.29, 1.82) is 0 Å². The lowest BCUT2D eigenvalue weighted by molar-refractivity contribution is -0.137. The number of carbonyl (C=O) groups is 2. The number of rotatable bonds is 5. The SMILES string of the molecule is C=CCN(CC(=O)O)C(=O)c1ccc(I)c(O)c1. The molecule has 96 valence electrons. The molecular formula is C12H12INO4. The third-order valence-corrected chi connectivity index (χ3v) is 3.07. The van der Waals surface area contributed by atoms with Gasteiger partial charge in [0.05, 0.1) is 3.57 Å². The summed E-state index contributed by atoms with van der Waals surface area (Å²) in [5.74, 6) is -1.56. The number of carboxylic acid groups (broad SMARTS) is 1. The summed E-state index contributed by atoms with van der Waals surface area (Å²) in [5, 5.41) is 18.3. The number of hydrogen-bond donors (Lipinski definition) is 2. The number of phenols is 1. The zero-order chi connectivity index (χ0) is 13.7. The van der Waals surface area contributed by atoms with Crippen molar-refractivity contribution in [3.8, 4) is 5.75 Å². The summed E-state index contributed by atoms with van der Waals surface area (Å²) in [6, 6.07) is 4.46. The summed E-state index contributed by atoms with van der Waals surface area (Å²) < 4.78 is 0.623. The summed E-state index contributed by atoms with van der Waals surface area (Å²) in [4.78, 5) is 23.8. The van der Waals surface area contributed by atoms with E-state index in [9.17, 15) is 14.7 Å². The van der Waals surface area contributed by atoms with Crippen molar-refractivity contribution in [3.05, 3.63) is 40.0 Å². The molecule has 1 amide bonds. The fraction of sp³-hybridized carbons (Fsp3) is 0.167. The van der Waals surface area contributed by atoms with Crippen LogP contribution in [0.25, 0.3) is 0 Å². The summed E-state index contributed by atoms with van der Waals surface area (Å²) in [6.07, 6.45) is 1.45. The van der Waals surface area contributed by atoms with Crippen LogP contribution in [0.2, 0.25) is 0 Å². The Morgan fingerprint density at radius 3 is 2.61 bits per heavy atom. The fourth-order valence-corrected chi connectivity index (χ4v) is 1.70. The monoisotopic (exact) mass is 361 g/mol. The lowest BCUT2D eigenvalue weighted by Crippen LogP contribution is -2.35. The van der Waals surface area contributed by atoms with Crippen molar-refractivity contribution >= 4 is 34.5 Å². The Balaban J connectivity index is 2.97. The van der Waals surface area contributed by atoms with Crippen LogP contribution in [0, 0.1) is 3.57 Å². The number of carbonyl (C=O) groups excluding carboxylic acids is 1. The molecule has 0 aliphatic heterocycles. The maximum absolute atomic E-state index is 12.0. The molecule has 1 rings (SSSR count). The molecule has 0 unspecified atom stereocenters. The molecule has 0 heterocycles. The molecule has 0 saturated heterocycles. The number of phenolic OH excluding ortho intramolecular Hbond substituents is 1. The molecule has 0 radical (unpaired) electrons. The Labute approximate surface area is 118 Å². The second-order valence-electron chi connectivity index (χ2n) is 3.53. The maximum atomic E-state index is 12.0. The highest BCUT2D eigenvalue weighted by molar-refractivity contribution is 14.1. The van der Waals surface area contributed by atoms with Crippen LogP contribution in [0.5, 0.6) is 5.75 Å². The second kappa shape index (κ2) is 6.39. The molecule has 0 aliphatic carbocycles. The number of carboxylic acids is 1. The predicted octanol–water partition coefficient (Wildman–Crippen LogP) is 1.71. The molecule has 0 atom stereocenters. The Bertz CT molecular complexity index is 487. The first-order valence-electron chi connectivity index (χ1n) is 5.06. The van der Waals surface area contributed by atoms with Crippen molar-refractivity contribution < 1.29 is 19.8 Å². The van der Waals surface area contributed by atoms with Gasteiger partial charge in [0, 0.05) is 12.1 Å². The molecule has 18 heavy (non-hydrogen) atoms. The highest BCUT2D eigenvalue weighted by atomic mass is 127. The van der Waals surface area contributed by atoms with Gasteiger partial charge in [-0.05, 0) is 40.8 Å². The predicted molar refractivity (Wildman–Crippen MR) is 74.6 cm³/mol. The minimum atomic E-state index is -1.10. The molecule has 1 aromatic rings. The molecule has 5 nitrogen and oxygen atoms in total. The smallest absolute Gasteiger partial charge is 0.323 e. The minimum Gasteiger partial charge on any atom is -0.507 e. The van der Waals surface area contributed by atoms with E-state index >= 15 is 0 Å². The Morgan fingerprint density at radius 2 is 2.11 bits per heavy atom. The van der Waals surface area contributed by atoms with Gasteiger partial charge in [0.1, 0.15) is 12.3 Å². The van der Waals surface area contributed by atoms with Crippen LogP contribution in [0.3, 0.4) is 0 Å². The van der Waals surface area contributed by atoms with Crippen LogP contribution in [-0.4, -0.2) is 40.1 Å². The molecule has 0 saturated carbocycles. The summed E-state index contributed by atoms with van der Waals surface area (Å²) in [6.45, 7) is 3.21. The van der Waals surface area contributed by atoms with Gasteiger partial charge >= 0.3 is 5.97 Å². The van der Waals surface area contributed by atoms with E-state index < -0.39 is 18.4 Å². The molecule has 0 aliphatic rings. The molecule has 0 bridgehead atoms. The van der Waals surface area contributed by atoms with Crippen LogP contribution in [0.1, 0.15) is 10.4 Å². The van der Waals surface area contributed by atoms with E-state index in [1.165, 1.54) is 12.1 Å². The first kappa shape index (κ1) is 14.5. The molecule has 1 aromatic carbocycles. The van der Waals surface area contributed by atoms with Gasteiger partial charge in [0.25, 0.3) is 5.91 Å². The Hall–Kier alpha value is -1.57. The summed E-state index contributed by atoms with van der Waals surface area (Å²) in [5.41, 5.74) is 0.246. The number of halogens is 1. The fourth-order valence-electron chi connectivity index (χ4n) is 1.37. The van der Waals surface area contributed by atoms with Crippen molar-refractivity contribution in [2.24, 2.45) is 0 Å². The van der Waals surface area contributed by atoms with Crippen LogP contribution in [0.15, 0.2) is 30.9 Å². The lowest BCUT2D eigenvalue weighted by atomic mass is 10.2. The highest BCUT2D eigenvalue weighted by Crippen LogP contribution is 2.21. The van der Waals surface area contributed by atoms with Gasteiger partial charge in [0.2, 0.25) is 0 Å². The topological polar surface area (TPSA) is 77.8 Å². The number of aromatic hydroxyl groups is 1. The lowest BCUT2D eigenvalue weighted by Gasteiger charge is -2.19. The van der Waals surface area contributed by atoms with E-state index in [2.05, 4.69) is 6.58 Å². The van der Waals surface area contributed by atoms with Gasteiger partial charge in [-0.3, -0.25) is 9.59 Å². The van der Waals surface area contributed by atoms with Crippen LogP contribution >= 0.6 is 22.6 Å². The summed E-state index contributed by atoms with van der Waals surface area (Å²) >= 11 is 1.93. The number of nitrogens with zero attached hydrogens (tertiary/aromatic N) is 1. The average molecular weight is 361 g/mol. The van der Waals surface area contributed by atoms with Gasteiger partial charge in [-0.1, -0.05) is 6.08 Å². The molecule has 0 aromatic heterocycles. The second-order valence-corrected chi connectivity index (χ2v) is 4.70. The van der Waals surface area contributed by atoms with E-state index in [-0.39, 0.29) is 17.9 Å². The number of benzene rings is 1. The van der Waals surface area contributed by atoms with Crippen molar-refractivity contribution in [1.82, 2.24) is 4.90 Å². The zero-order valence-corrected chi connectivity index (χ0v) is 11.6.